The molecule has 0 radical (unpaired) electrons. The van der Waals surface area contributed by atoms with Gasteiger partial charge in [-0.15, -0.1) is 0 Å². The van der Waals surface area contributed by atoms with Crippen LogP contribution in [0.2, 0.25) is 0 Å². The number of halogens is 1. The van der Waals surface area contributed by atoms with E-state index in [0.29, 0.717) is 23.1 Å². The first-order valence-corrected chi connectivity index (χ1v) is 8.87. The molecule has 3 rings (SSSR count). The number of benzene rings is 1. The van der Waals surface area contributed by atoms with Crippen molar-refractivity contribution in [2.75, 3.05) is 13.7 Å². The zero-order chi connectivity index (χ0) is 18.7. The van der Waals surface area contributed by atoms with Crippen molar-refractivity contribution < 1.29 is 18.7 Å². The number of amides is 1. The van der Waals surface area contributed by atoms with Crippen LogP contribution in [-0.2, 0) is 16.1 Å². The predicted molar refractivity (Wildman–Crippen MR) is 97.5 cm³/mol. The van der Waals surface area contributed by atoms with E-state index in [4.69, 9.17) is 4.74 Å². The Labute approximate surface area is 154 Å². The van der Waals surface area contributed by atoms with E-state index in [0.717, 1.165) is 5.56 Å². The molecule has 5 nitrogen and oxygen atoms in total. The zero-order valence-electron chi connectivity index (χ0n) is 14.4. The van der Waals surface area contributed by atoms with Crippen LogP contribution in [0.3, 0.4) is 0 Å². The van der Waals surface area contributed by atoms with Crippen LogP contribution < -0.4 is 0 Å². The molecule has 26 heavy (non-hydrogen) atoms. The summed E-state index contributed by atoms with van der Waals surface area (Å²) in [6.07, 6.45) is 0. The molecule has 0 bridgehead atoms. The van der Waals surface area contributed by atoms with Crippen molar-refractivity contribution in [2.24, 2.45) is 0 Å². The summed E-state index contributed by atoms with van der Waals surface area (Å²) in [5.41, 5.74) is 2.18. The number of pyridine rings is 1. The van der Waals surface area contributed by atoms with Crippen molar-refractivity contribution in [3.63, 3.8) is 0 Å². The molecule has 0 atom stereocenters. The Kier molecular flexibility index (Phi) is 5.27. The van der Waals surface area contributed by atoms with Gasteiger partial charge in [-0.3, -0.25) is 9.78 Å². The van der Waals surface area contributed by atoms with E-state index >= 15 is 0 Å². The van der Waals surface area contributed by atoms with Crippen molar-refractivity contribution in [1.82, 2.24) is 9.88 Å². The monoisotopic (exact) mass is 372 g/mol. The zero-order valence-corrected chi connectivity index (χ0v) is 15.2. The normalized spacial score (nSPS) is 10.7. The van der Waals surface area contributed by atoms with Gasteiger partial charge in [-0.05, 0) is 47.5 Å². The number of aromatic nitrogens is 1. The summed E-state index contributed by atoms with van der Waals surface area (Å²) >= 11 is 1.56. The van der Waals surface area contributed by atoms with Crippen LogP contribution in [0.4, 0.5) is 4.39 Å². The van der Waals surface area contributed by atoms with Gasteiger partial charge in [-0.25, -0.2) is 9.18 Å². The molecule has 2 aromatic heterocycles. The molecule has 0 aliphatic rings. The second-order valence-electron chi connectivity index (χ2n) is 5.92. The Morgan fingerprint density at radius 2 is 2.08 bits per heavy atom. The molecule has 0 saturated carbocycles. The first-order valence-electron chi connectivity index (χ1n) is 7.93. The third-order valence-electron chi connectivity index (χ3n) is 3.94. The minimum atomic E-state index is -0.626. The quantitative estimate of drug-likeness (QED) is 0.643. The molecular formula is C19H17FN2O3S. The van der Waals surface area contributed by atoms with Gasteiger partial charge in [0.2, 0.25) is 0 Å². The third kappa shape index (κ3) is 4.05. The van der Waals surface area contributed by atoms with Crippen molar-refractivity contribution >= 4 is 34.1 Å². The second kappa shape index (κ2) is 7.61. The highest BCUT2D eigenvalue weighted by Gasteiger charge is 2.17. The number of hydrogen-bond donors (Lipinski definition) is 0. The van der Waals surface area contributed by atoms with Crippen LogP contribution in [-0.4, -0.2) is 35.4 Å². The SMILES string of the molecule is Cc1nc2cc(F)ccc2cc1C(=O)OCC(=O)N(C)Cc1ccsc1. The van der Waals surface area contributed by atoms with Gasteiger partial charge >= 0.3 is 5.97 Å². The molecule has 0 spiro atoms. The molecule has 0 aliphatic carbocycles. The third-order valence-corrected chi connectivity index (χ3v) is 4.67. The highest BCUT2D eigenvalue weighted by atomic mass is 32.1. The number of carbonyl (C=O) groups excluding carboxylic acids is 2. The van der Waals surface area contributed by atoms with Crippen molar-refractivity contribution in [3.05, 3.63) is 63.7 Å². The Morgan fingerprint density at radius 1 is 1.27 bits per heavy atom. The molecule has 0 aliphatic heterocycles. The number of carbonyl (C=O) groups is 2. The van der Waals surface area contributed by atoms with Crippen molar-refractivity contribution in [3.8, 4) is 0 Å². The smallest absolute Gasteiger partial charge is 0.340 e. The van der Waals surface area contributed by atoms with E-state index in [9.17, 15) is 14.0 Å². The molecule has 3 aromatic rings. The maximum Gasteiger partial charge on any atom is 0.340 e. The van der Waals surface area contributed by atoms with E-state index < -0.39 is 5.97 Å². The van der Waals surface area contributed by atoms with Crippen molar-refractivity contribution in [1.29, 1.82) is 0 Å². The van der Waals surface area contributed by atoms with E-state index in [1.54, 1.807) is 37.4 Å². The van der Waals surface area contributed by atoms with Gasteiger partial charge < -0.3 is 9.64 Å². The fourth-order valence-electron chi connectivity index (χ4n) is 2.50. The highest BCUT2D eigenvalue weighted by molar-refractivity contribution is 7.07. The Hall–Kier alpha value is -2.80. The summed E-state index contributed by atoms with van der Waals surface area (Å²) in [7, 11) is 1.66. The fraction of sp³-hybridized carbons (Fsp3) is 0.211. The molecule has 0 unspecified atom stereocenters. The van der Waals surface area contributed by atoms with E-state index in [2.05, 4.69) is 4.98 Å². The Morgan fingerprint density at radius 3 is 2.81 bits per heavy atom. The van der Waals surface area contributed by atoms with Crippen LogP contribution >= 0.6 is 11.3 Å². The molecule has 0 N–H and O–H groups in total. The number of fused-ring (bicyclic) bond motifs is 1. The number of nitrogens with zero attached hydrogens (tertiary/aromatic N) is 2. The van der Waals surface area contributed by atoms with Gasteiger partial charge in [0.1, 0.15) is 5.82 Å². The summed E-state index contributed by atoms with van der Waals surface area (Å²) in [4.78, 5) is 30.2. The number of ether oxygens (including phenoxy) is 1. The average molecular weight is 372 g/mol. The minimum absolute atomic E-state index is 0.261. The summed E-state index contributed by atoms with van der Waals surface area (Å²) in [5.74, 6) is -1.31. The van der Waals surface area contributed by atoms with Crippen LogP contribution in [0.1, 0.15) is 21.6 Å². The number of likely N-dealkylation sites (N-methyl/N-ethyl adjacent to an activating group) is 1. The molecule has 1 aromatic carbocycles. The fourth-order valence-corrected chi connectivity index (χ4v) is 3.16. The molecular weight excluding hydrogens is 355 g/mol. The molecule has 7 heteroatoms. The molecule has 0 saturated heterocycles. The van der Waals surface area contributed by atoms with Gasteiger partial charge in [-0.1, -0.05) is 0 Å². The lowest BCUT2D eigenvalue weighted by atomic mass is 10.1. The molecule has 1 amide bonds. The van der Waals surface area contributed by atoms with E-state index in [-0.39, 0.29) is 23.9 Å². The van der Waals surface area contributed by atoms with Gasteiger partial charge in [0.25, 0.3) is 5.91 Å². The molecule has 134 valence electrons. The van der Waals surface area contributed by atoms with E-state index in [1.165, 1.54) is 17.0 Å². The molecule has 2 heterocycles. The number of rotatable bonds is 5. The van der Waals surface area contributed by atoms with Gasteiger partial charge in [-0.2, -0.15) is 11.3 Å². The first kappa shape index (κ1) is 18.0. The van der Waals surface area contributed by atoms with Gasteiger partial charge in [0.05, 0.1) is 16.8 Å². The topological polar surface area (TPSA) is 59.5 Å². The van der Waals surface area contributed by atoms with E-state index in [1.807, 2.05) is 16.8 Å². The largest absolute Gasteiger partial charge is 0.452 e. The lowest BCUT2D eigenvalue weighted by Crippen LogP contribution is -2.30. The molecule has 0 fully saturated rings. The minimum Gasteiger partial charge on any atom is -0.452 e. The number of esters is 1. The highest BCUT2D eigenvalue weighted by Crippen LogP contribution is 2.18. The average Bonchev–Trinajstić information content (AvgIpc) is 3.11. The maximum atomic E-state index is 13.3. The van der Waals surface area contributed by atoms with Gasteiger partial charge in [0, 0.05) is 25.0 Å². The summed E-state index contributed by atoms with van der Waals surface area (Å²) < 4.78 is 18.4. The Bertz CT molecular complexity index is 957. The number of aryl methyl sites for hydroxylation is 1. The lowest BCUT2D eigenvalue weighted by molar-refractivity contribution is -0.133. The van der Waals surface area contributed by atoms with Crippen LogP contribution in [0.5, 0.6) is 0 Å². The van der Waals surface area contributed by atoms with Crippen LogP contribution in [0, 0.1) is 12.7 Å². The standard InChI is InChI=1S/C19H17FN2O3S/c1-12-16(7-14-3-4-15(20)8-17(14)21-12)19(24)25-10-18(23)22(2)9-13-5-6-26-11-13/h3-8,11H,9-10H2,1-2H3. The first-order chi connectivity index (χ1) is 12.4. The van der Waals surface area contributed by atoms with Gasteiger partial charge in [0.15, 0.2) is 6.61 Å². The number of hydrogen-bond acceptors (Lipinski definition) is 5. The summed E-state index contributed by atoms with van der Waals surface area (Å²) in [6, 6.07) is 7.69. The number of thiophene rings is 1. The van der Waals surface area contributed by atoms with Crippen LogP contribution in [0.15, 0.2) is 41.1 Å². The lowest BCUT2D eigenvalue weighted by Gasteiger charge is -2.16. The van der Waals surface area contributed by atoms with Crippen molar-refractivity contribution in [2.45, 2.75) is 13.5 Å². The predicted octanol–water partition coefficient (Wildman–Crippen LogP) is 3.56. The maximum absolute atomic E-state index is 13.3. The second-order valence-corrected chi connectivity index (χ2v) is 6.70. The summed E-state index contributed by atoms with van der Waals surface area (Å²) in [5, 5.41) is 4.53. The van der Waals surface area contributed by atoms with Crippen LogP contribution in [0.25, 0.3) is 10.9 Å². The Balaban J connectivity index is 1.66. The summed E-state index contributed by atoms with van der Waals surface area (Å²) in [6.45, 7) is 1.76.